The zero-order valence-corrected chi connectivity index (χ0v) is 11.4. The van der Waals surface area contributed by atoms with E-state index >= 15 is 0 Å². The number of rotatable bonds is 8. The highest BCUT2D eigenvalue weighted by Gasteiger charge is 2.19. The Bertz CT molecular complexity index is 307. The van der Waals surface area contributed by atoms with E-state index in [4.69, 9.17) is 4.74 Å². The summed E-state index contributed by atoms with van der Waals surface area (Å²) in [6, 6.07) is 0.365. The Morgan fingerprint density at radius 2 is 2.18 bits per heavy atom. The van der Waals surface area contributed by atoms with E-state index in [0.717, 1.165) is 25.9 Å². The Labute approximate surface area is 104 Å². The molecule has 1 heterocycles. The van der Waals surface area contributed by atoms with Crippen LogP contribution in [0.1, 0.15) is 32.8 Å². The van der Waals surface area contributed by atoms with Crippen molar-refractivity contribution in [3.05, 3.63) is 18.0 Å². The van der Waals surface area contributed by atoms with Crippen molar-refractivity contribution in [1.29, 1.82) is 0 Å². The summed E-state index contributed by atoms with van der Waals surface area (Å²) in [5.74, 6) is 0. The molecule has 0 aliphatic heterocycles. The minimum absolute atomic E-state index is 0.264. The molecule has 0 saturated heterocycles. The summed E-state index contributed by atoms with van der Waals surface area (Å²) < 4.78 is 7.49. The van der Waals surface area contributed by atoms with Crippen molar-refractivity contribution in [1.82, 2.24) is 15.1 Å². The first kappa shape index (κ1) is 14.2. The molecular weight excluding hydrogens is 214 g/mol. The Morgan fingerprint density at radius 1 is 1.41 bits per heavy atom. The standard InChI is InChI=1S/C13H25N3O/c1-5-13(17-4)12(14-6-2)8-11-9-15-16(7-3)10-11/h9-10,12-14H,5-8H2,1-4H3. The molecule has 2 unspecified atom stereocenters. The number of likely N-dealkylation sites (N-methyl/N-ethyl adjacent to an activating group) is 1. The van der Waals surface area contributed by atoms with Gasteiger partial charge < -0.3 is 10.1 Å². The number of nitrogens with zero attached hydrogens (tertiary/aromatic N) is 2. The quantitative estimate of drug-likeness (QED) is 0.752. The van der Waals surface area contributed by atoms with Crippen LogP contribution in [0.4, 0.5) is 0 Å². The van der Waals surface area contributed by atoms with Crippen LogP contribution >= 0.6 is 0 Å². The fraction of sp³-hybridized carbons (Fsp3) is 0.769. The largest absolute Gasteiger partial charge is 0.380 e. The van der Waals surface area contributed by atoms with E-state index in [-0.39, 0.29) is 6.10 Å². The molecule has 1 rings (SSSR count). The highest BCUT2D eigenvalue weighted by Crippen LogP contribution is 2.10. The molecule has 2 atom stereocenters. The average Bonchev–Trinajstić information content (AvgIpc) is 2.78. The van der Waals surface area contributed by atoms with Gasteiger partial charge in [0, 0.05) is 25.9 Å². The van der Waals surface area contributed by atoms with Gasteiger partial charge in [-0.2, -0.15) is 5.10 Å². The van der Waals surface area contributed by atoms with Crippen LogP contribution in [0.3, 0.4) is 0 Å². The summed E-state index contributed by atoms with van der Waals surface area (Å²) in [4.78, 5) is 0. The third-order valence-corrected chi connectivity index (χ3v) is 3.09. The van der Waals surface area contributed by atoms with Gasteiger partial charge in [0.2, 0.25) is 0 Å². The van der Waals surface area contributed by atoms with E-state index in [0.29, 0.717) is 6.04 Å². The van der Waals surface area contributed by atoms with E-state index in [9.17, 15) is 0 Å². The van der Waals surface area contributed by atoms with Gasteiger partial charge in [-0.05, 0) is 31.9 Å². The van der Waals surface area contributed by atoms with E-state index < -0.39 is 0 Å². The Hall–Kier alpha value is -0.870. The van der Waals surface area contributed by atoms with Crippen LogP contribution in [0.2, 0.25) is 0 Å². The Morgan fingerprint density at radius 3 is 2.65 bits per heavy atom. The lowest BCUT2D eigenvalue weighted by atomic mass is 10.0. The number of methoxy groups -OCH3 is 1. The van der Waals surface area contributed by atoms with Gasteiger partial charge >= 0.3 is 0 Å². The molecule has 4 nitrogen and oxygen atoms in total. The minimum Gasteiger partial charge on any atom is -0.380 e. The maximum atomic E-state index is 5.53. The maximum absolute atomic E-state index is 5.53. The van der Waals surface area contributed by atoms with Crippen molar-refractivity contribution in [2.24, 2.45) is 0 Å². The second-order valence-electron chi connectivity index (χ2n) is 4.25. The molecule has 4 heteroatoms. The molecule has 17 heavy (non-hydrogen) atoms. The van der Waals surface area contributed by atoms with E-state index in [1.165, 1.54) is 5.56 Å². The topological polar surface area (TPSA) is 39.1 Å². The first-order valence-corrected chi connectivity index (χ1v) is 6.52. The first-order chi connectivity index (χ1) is 8.24. The number of hydrogen-bond donors (Lipinski definition) is 1. The molecule has 0 aliphatic carbocycles. The van der Waals surface area contributed by atoms with E-state index in [1.807, 2.05) is 10.9 Å². The molecule has 1 N–H and O–H groups in total. The number of aromatic nitrogens is 2. The van der Waals surface area contributed by atoms with Crippen LogP contribution in [0, 0.1) is 0 Å². The lowest BCUT2D eigenvalue weighted by Gasteiger charge is -2.25. The zero-order valence-electron chi connectivity index (χ0n) is 11.4. The van der Waals surface area contributed by atoms with Crippen LogP contribution in [-0.4, -0.2) is 35.6 Å². The minimum atomic E-state index is 0.264. The van der Waals surface area contributed by atoms with Crippen LogP contribution in [0.15, 0.2) is 12.4 Å². The van der Waals surface area contributed by atoms with Crippen LogP contribution < -0.4 is 5.32 Å². The zero-order chi connectivity index (χ0) is 12.7. The van der Waals surface area contributed by atoms with Crippen LogP contribution in [0.25, 0.3) is 0 Å². The van der Waals surface area contributed by atoms with E-state index in [1.54, 1.807) is 7.11 Å². The van der Waals surface area contributed by atoms with Gasteiger partial charge in [0.05, 0.1) is 12.3 Å². The van der Waals surface area contributed by atoms with E-state index in [2.05, 4.69) is 37.4 Å². The summed E-state index contributed by atoms with van der Waals surface area (Å²) in [5, 5.41) is 7.81. The van der Waals surface area contributed by atoms with Gasteiger partial charge in [-0.15, -0.1) is 0 Å². The molecule has 98 valence electrons. The average molecular weight is 239 g/mol. The highest BCUT2D eigenvalue weighted by atomic mass is 16.5. The third-order valence-electron chi connectivity index (χ3n) is 3.09. The summed E-state index contributed by atoms with van der Waals surface area (Å²) >= 11 is 0. The SMILES string of the molecule is CCNC(Cc1cnn(CC)c1)C(CC)OC. The predicted molar refractivity (Wildman–Crippen MR) is 70.2 cm³/mol. The molecule has 0 saturated carbocycles. The van der Waals surface area contributed by atoms with Gasteiger partial charge in [-0.3, -0.25) is 4.68 Å². The van der Waals surface area contributed by atoms with Crippen molar-refractivity contribution >= 4 is 0 Å². The van der Waals surface area contributed by atoms with Crippen molar-refractivity contribution in [2.45, 2.75) is 52.3 Å². The molecule has 0 aliphatic rings. The van der Waals surface area contributed by atoms with Crippen LogP contribution in [-0.2, 0) is 17.7 Å². The molecule has 1 aromatic heterocycles. The summed E-state index contributed by atoms with van der Waals surface area (Å²) in [5.41, 5.74) is 1.27. The second kappa shape index (κ2) is 7.45. The molecule has 0 aromatic carbocycles. The van der Waals surface area contributed by atoms with Gasteiger partial charge in [0.15, 0.2) is 0 Å². The molecule has 0 fully saturated rings. The lowest BCUT2D eigenvalue weighted by Crippen LogP contribution is -2.42. The van der Waals surface area contributed by atoms with Crippen molar-refractivity contribution in [3.63, 3.8) is 0 Å². The monoisotopic (exact) mass is 239 g/mol. The normalized spacial score (nSPS) is 14.8. The number of nitrogens with one attached hydrogen (secondary N) is 1. The van der Waals surface area contributed by atoms with Crippen molar-refractivity contribution in [2.75, 3.05) is 13.7 Å². The fourth-order valence-corrected chi connectivity index (χ4v) is 2.15. The second-order valence-corrected chi connectivity index (χ2v) is 4.25. The molecule has 0 bridgehead atoms. The number of aryl methyl sites for hydroxylation is 1. The van der Waals surface area contributed by atoms with Gasteiger partial charge in [0.25, 0.3) is 0 Å². The first-order valence-electron chi connectivity index (χ1n) is 6.52. The highest BCUT2D eigenvalue weighted by molar-refractivity contribution is 5.07. The summed E-state index contributed by atoms with van der Waals surface area (Å²) in [7, 11) is 1.79. The third kappa shape index (κ3) is 4.13. The summed E-state index contributed by atoms with van der Waals surface area (Å²) in [6.07, 6.45) is 6.33. The summed E-state index contributed by atoms with van der Waals surface area (Å²) in [6.45, 7) is 8.28. The lowest BCUT2D eigenvalue weighted by molar-refractivity contribution is 0.0658. The molecule has 0 amide bonds. The Kier molecular flexibility index (Phi) is 6.22. The Balaban J connectivity index is 2.64. The number of ether oxygens (including phenoxy) is 1. The smallest absolute Gasteiger partial charge is 0.0724 e. The fourth-order valence-electron chi connectivity index (χ4n) is 2.15. The molecule has 0 radical (unpaired) electrons. The number of hydrogen-bond acceptors (Lipinski definition) is 3. The van der Waals surface area contributed by atoms with Crippen LogP contribution in [0.5, 0.6) is 0 Å². The molecule has 1 aromatic rings. The molecular formula is C13H25N3O. The van der Waals surface area contributed by atoms with Crippen molar-refractivity contribution < 1.29 is 4.74 Å². The van der Waals surface area contributed by atoms with Gasteiger partial charge in [-0.1, -0.05) is 13.8 Å². The maximum Gasteiger partial charge on any atom is 0.0724 e. The van der Waals surface area contributed by atoms with Gasteiger partial charge in [-0.25, -0.2) is 0 Å². The van der Waals surface area contributed by atoms with Gasteiger partial charge in [0.1, 0.15) is 0 Å². The predicted octanol–water partition coefficient (Wildman–Crippen LogP) is 1.85. The van der Waals surface area contributed by atoms with Crippen molar-refractivity contribution in [3.8, 4) is 0 Å². The molecule has 0 spiro atoms.